The first-order chi connectivity index (χ1) is 12.2. The summed E-state index contributed by atoms with van der Waals surface area (Å²) >= 11 is 0. The maximum Gasteiger partial charge on any atom is 0.433 e. The molecule has 0 amide bonds. The molecule has 5 nitrogen and oxygen atoms in total. The van der Waals surface area contributed by atoms with E-state index in [0.717, 1.165) is 5.56 Å². The van der Waals surface area contributed by atoms with Crippen LogP contribution >= 0.6 is 0 Å². The quantitative estimate of drug-likeness (QED) is 0.711. The fraction of sp³-hybridized carbons (Fsp3) is 0.118. The van der Waals surface area contributed by atoms with Crippen molar-refractivity contribution in [3.63, 3.8) is 0 Å². The third-order valence-corrected chi connectivity index (χ3v) is 5.03. The highest BCUT2D eigenvalue weighted by Gasteiger charge is 2.38. The lowest BCUT2D eigenvalue weighted by molar-refractivity contribution is -0.140. The molecule has 0 fully saturated rings. The molecule has 0 atom stereocenters. The molecule has 0 radical (unpaired) electrons. The second kappa shape index (κ2) is 6.49. The molecule has 26 heavy (non-hydrogen) atoms. The lowest BCUT2D eigenvalue weighted by Gasteiger charge is -2.11. The molecule has 2 N–H and O–H groups in total. The summed E-state index contributed by atoms with van der Waals surface area (Å²) in [4.78, 5) is -0.0774. The number of aromatic nitrogens is 2. The minimum absolute atomic E-state index is 0.0774. The van der Waals surface area contributed by atoms with E-state index in [1.807, 2.05) is 5.10 Å². The maximum atomic E-state index is 13.3. The van der Waals surface area contributed by atoms with Gasteiger partial charge in [0.2, 0.25) is 0 Å². The van der Waals surface area contributed by atoms with Gasteiger partial charge in [-0.25, -0.2) is 8.42 Å². The molecule has 1 heterocycles. The number of hydrogen-bond acceptors (Lipinski definition) is 3. The van der Waals surface area contributed by atoms with Gasteiger partial charge in [-0.2, -0.15) is 18.3 Å². The van der Waals surface area contributed by atoms with Crippen molar-refractivity contribution in [2.24, 2.45) is 0 Å². The van der Waals surface area contributed by atoms with Crippen LogP contribution in [0.4, 0.5) is 19.0 Å². The number of sulfonamides is 1. The molecule has 0 aliphatic carbocycles. The normalized spacial score (nSPS) is 12.2. The van der Waals surface area contributed by atoms with E-state index >= 15 is 0 Å². The summed E-state index contributed by atoms with van der Waals surface area (Å²) in [5, 5.41) is 5.46. The number of alkyl halides is 3. The summed E-state index contributed by atoms with van der Waals surface area (Å²) in [6.45, 7) is 1.79. The molecule has 3 rings (SSSR count). The number of anilines is 1. The number of rotatable bonds is 4. The molecule has 136 valence electrons. The third-order valence-electron chi connectivity index (χ3n) is 3.67. The van der Waals surface area contributed by atoms with Crippen molar-refractivity contribution >= 4 is 15.8 Å². The second-order valence-electron chi connectivity index (χ2n) is 5.60. The Morgan fingerprint density at radius 3 is 2.19 bits per heavy atom. The van der Waals surface area contributed by atoms with Gasteiger partial charge >= 0.3 is 6.18 Å². The molecular formula is C17H14F3N3O2S. The molecule has 0 saturated heterocycles. The predicted octanol–water partition coefficient (Wildman–Crippen LogP) is 4.20. The fourth-order valence-corrected chi connectivity index (χ4v) is 3.44. The first-order valence-corrected chi connectivity index (χ1v) is 8.97. The van der Waals surface area contributed by atoms with Crippen molar-refractivity contribution in [3.05, 3.63) is 65.9 Å². The maximum absolute atomic E-state index is 13.3. The zero-order valence-corrected chi connectivity index (χ0v) is 14.3. The third kappa shape index (κ3) is 3.57. The Hall–Kier alpha value is -2.81. The Bertz CT molecular complexity index is 1010. The first-order valence-electron chi connectivity index (χ1n) is 7.49. The van der Waals surface area contributed by atoms with Crippen LogP contribution in [-0.4, -0.2) is 18.6 Å². The Labute approximate surface area is 147 Å². The van der Waals surface area contributed by atoms with Gasteiger partial charge in [0.25, 0.3) is 10.0 Å². The van der Waals surface area contributed by atoms with E-state index in [-0.39, 0.29) is 16.0 Å². The summed E-state index contributed by atoms with van der Waals surface area (Å²) in [6.07, 6.45) is -4.72. The van der Waals surface area contributed by atoms with Crippen LogP contribution in [0.1, 0.15) is 11.3 Å². The smallest absolute Gasteiger partial charge is 0.271 e. The summed E-state index contributed by atoms with van der Waals surface area (Å²) in [5.41, 5.74) is -0.413. The number of aromatic amines is 1. The highest BCUT2D eigenvalue weighted by molar-refractivity contribution is 7.92. The van der Waals surface area contributed by atoms with Gasteiger partial charge < -0.3 is 0 Å². The lowest BCUT2D eigenvalue weighted by atomic mass is 10.0. The van der Waals surface area contributed by atoms with E-state index in [9.17, 15) is 21.6 Å². The molecule has 0 unspecified atom stereocenters. The highest BCUT2D eigenvalue weighted by atomic mass is 32.2. The molecule has 0 aliphatic heterocycles. The lowest BCUT2D eigenvalue weighted by Crippen LogP contribution is -2.14. The minimum Gasteiger partial charge on any atom is -0.271 e. The SMILES string of the molecule is Cc1ccc(-c2c(NS(=O)(=O)c3ccccc3)n[nH]c2C(F)(F)F)cc1. The van der Waals surface area contributed by atoms with Gasteiger partial charge in [-0.1, -0.05) is 48.0 Å². The van der Waals surface area contributed by atoms with Crippen molar-refractivity contribution in [1.82, 2.24) is 10.2 Å². The van der Waals surface area contributed by atoms with E-state index in [1.165, 1.54) is 36.4 Å². The molecular weight excluding hydrogens is 367 g/mol. The summed E-state index contributed by atoms with van der Waals surface area (Å²) in [6, 6.07) is 13.6. The zero-order valence-electron chi connectivity index (χ0n) is 13.5. The Morgan fingerprint density at radius 1 is 1.00 bits per heavy atom. The van der Waals surface area contributed by atoms with E-state index in [2.05, 4.69) is 9.82 Å². The fourth-order valence-electron chi connectivity index (χ4n) is 2.41. The van der Waals surface area contributed by atoms with Gasteiger partial charge in [0.15, 0.2) is 5.82 Å². The zero-order chi connectivity index (χ0) is 18.9. The van der Waals surface area contributed by atoms with Gasteiger partial charge in [0, 0.05) is 0 Å². The van der Waals surface area contributed by atoms with E-state index in [1.54, 1.807) is 25.1 Å². The molecule has 2 aromatic carbocycles. The predicted molar refractivity (Wildman–Crippen MR) is 91.0 cm³/mol. The number of nitrogens with one attached hydrogen (secondary N) is 2. The number of aryl methyl sites for hydroxylation is 1. The largest absolute Gasteiger partial charge is 0.433 e. The van der Waals surface area contributed by atoms with Gasteiger partial charge in [0.05, 0.1) is 10.5 Å². The van der Waals surface area contributed by atoms with Crippen LogP contribution in [0.3, 0.4) is 0 Å². The summed E-state index contributed by atoms with van der Waals surface area (Å²) < 4.78 is 67.0. The highest BCUT2D eigenvalue weighted by Crippen LogP contribution is 2.40. The first kappa shape index (κ1) is 18.0. The Kier molecular flexibility index (Phi) is 4.49. The second-order valence-corrected chi connectivity index (χ2v) is 7.29. The monoisotopic (exact) mass is 381 g/mol. The molecule has 1 aromatic heterocycles. The number of H-pyrrole nitrogens is 1. The molecule has 0 saturated carbocycles. The minimum atomic E-state index is -4.72. The van der Waals surface area contributed by atoms with Gasteiger partial charge in [-0.3, -0.25) is 9.82 Å². The van der Waals surface area contributed by atoms with Crippen LogP contribution in [0.2, 0.25) is 0 Å². The van der Waals surface area contributed by atoms with E-state index in [0.29, 0.717) is 0 Å². The molecule has 9 heteroatoms. The number of nitrogens with zero attached hydrogens (tertiary/aromatic N) is 1. The van der Waals surface area contributed by atoms with Crippen LogP contribution in [0.5, 0.6) is 0 Å². The van der Waals surface area contributed by atoms with Crippen molar-refractivity contribution in [2.75, 3.05) is 4.72 Å². The molecule has 0 aliphatic rings. The Balaban J connectivity index is 2.11. The van der Waals surface area contributed by atoms with Crippen molar-refractivity contribution < 1.29 is 21.6 Å². The Morgan fingerprint density at radius 2 is 1.62 bits per heavy atom. The molecule has 3 aromatic rings. The van der Waals surface area contributed by atoms with Gasteiger partial charge in [-0.05, 0) is 24.6 Å². The van der Waals surface area contributed by atoms with Crippen LogP contribution < -0.4 is 4.72 Å². The van der Waals surface area contributed by atoms with E-state index in [4.69, 9.17) is 0 Å². The summed E-state index contributed by atoms with van der Waals surface area (Å²) in [7, 11) is -4.08. The average molecular weight is 381 g/mol. The van der Waals surface area contributed by atoms with Crippen LogP contribution in [0.15, 0.2) is 59.5 Å². The topological polar surface area (TPSA) is 74.8 Å². The average Bonchev–Trinajstić information content (AvgIpc) is 2.99. The van der Waals surface area contributed by atoms with Crippen LogP contribution in [-0.2, 0) is 16.2 Å². The number of halogens is 3. The van der Waals surface area contributed by atoms with Gasteiger partial charge in [-0.15, -0.1) is 0 Å². The standard InChI is InChI=1S/C17H14F3N3O2S/c1-11-7-9-12(10-8-11)14-15(17(18,19)20)21-22-16(14)23-26(24,25)13-5-3-2-4-6-13/h2-10H,1H3,(H2,21,22,23). The number of benzene rings is 2. The van der Waals surface area contributed by atoms with Gasteiger partial charge in [0.1, 0.15) is 5.69 Å². The van der Waals surface area contributed by atoms with Crippen molar-refractivity contribution in [3.8, 4) is 11.1 Å². The van der Waals surface area contributed by atoms with Crippen LogP contribution in [0.25, 0.3) is 11.1 Å². The molecule has 0 spiro atoms. The van der Waals surface area contributed by atoms with Crippen LogP contribution in [0, 0.1) is 6.92 Å². The molecule has 0 bridgehead atoms. The number of hydrogen-bond donors (Lipinski definition) is 2. The van der Waals surface area contributed by atoms with Crippen molar-refractivity contribution in [1.29, 1.82) is 0 Å². The summed E-state index contributed by atoms with van der Waals surface area (Å²) in [5.74, 6) is -0.412. The van der Waals surface area contributed by atoms with E-state index < -0.39 is 27.7 Å². The van der Waals surface area contributed by atoms with Crippen molar-refractivity contribution in [2.45, 2.75) is 18.0 Å².